The summed E-state index contributed by atoms with van der Waals surface area (Å²) in [6.45, 7) is 2.65. The first kappa shape index (κ1) is 18.3. The fourth-order valence-corrected chi connectivity index (χ4v) is 3.31. The minimum Gasteiger partial charge on any atom is -0.496 e. The standard InChI is InChI=1S/C21H26N2O3/c1-22-13-14-23(16-19(22)18-10-6-7-11-20(18)25-2)21(24)12-15-26-17-8-4-3-5-9-17/h3-11,19H,12-16H2,1-2H3. The maximum atomic E-state index is 12.6. The van der Waals surface area contributed by atoms with E-state index in [0.717, 1.165) is 30.2 Å². The highest BCUT2D eigenvalue weighted by Crippen LogP contribution is 2.31. The summed E-state index contributed by atoms with van der Waals surface area (Å²) in [6, 6.07) is 17.8. The van der Waals surface area contributed by atoms with Crippen LogP contribution in [0, 0.1) is 0 Å². The number of carbonyl (C=O) groups excluding carboxylic acids is 1. The summed E-state index contributed by atoms with van der Waals surface area (Å²) in [5, 5.41) is 0. The van der Waals surface area contributed by atoms with Crippen molar-refractivity contribution in [2.45, 2.75) is 12.5 Å². The molecule has 1 amide bonds. The first-order valence-electron chi connectivity index (χ1n) is 8.98. The Morgan fingerprint density at radius 3 is 2.58 bits per heavy atom. The lowest BCUT2D eigenvalue weighted by molar-refractivity contribution is -0.134. The number of piperazine rings is 1. The van der Waals surface area contributed by atoms with Gasteiger partial charge in [-0.2, -0.15) is 0 Å². The number of ether oxygens (including phenoxy) is 2. The van der Waals surface area contributed by atoms with E-state index in [-0.39, 0.29) is 11.9 Å². The molecule has 1 aliphatic heterocycles. The van der Waals surface area contributed by atoms with E-state index in [1.165, 1.54) is 0 Å². The van der Waals surface area contributed by atoms with Gasteiger partial charge < -0.3 is 14.4 Å². The molecule has 1 unspecified atom stereocenters. The van der Waals surface area contributed by atoms with Gasteiger partial charge in [0.15, 0.2) is 0 Å². The molecule has 1 heterocycles. The molecule has 2 aromatic rings. The molecule has 5 nitrogen and oxygen atoms in total. The van der Waals surface area contributed by atoms with Crippen LogP contribution in [0.1, 0.15) is 18.0 Å². The number of methoxy groups -OCH3 is 1. The van der Waals surface area contributed by atoms with Crippen LogP contribution in [-0.2, 0) is 4.79 Å². The third kappa shape index (κ3) is 4.35. The lowest BCUT2D eigenvalue weighted by Crippen LogP contribution is -2.49. The Kier molecular flexibility index (Phi) is 6.12. The van der Waals surface area contributed by atoms with Gasteiger partial charge in [-0.3, -0.25) is 9.69 Å². The average Bonchev–Trinajstić information content (AvgIpc) is 2.69. The van der Waals surface area contributed by atoms with Gasteiger partial charge in [0.25, 0.3) is 0 Å². The minimum absolute atomic E-state index is 0.133. The molecule has 138 valence electrons. The van der Waals surface area contributed by atoms with Gasteiger partial charge in [0, 0.05) is 25.2 Å². The molecule has 0 bridgehead atoms. The molecule has 1 fully saturated rings. The topological polar surface area (TPSA) is 42.0 Å². The van der Waals surface area contributed by atoms with Gasteiger partial charge in [0.2, 0.25) is 5.91 Å². The second kappa shape index (κ2) is 8.72. The van der Waals surface area contributed by atoms with Crippen LogP contribution in [0.2, 0.25) is 0 Å². The fraction of sp³-hybridized carbons (Fsp3) is 0.381. The number of carbonyl (C=O) groups is 1. The Morgan fingerprint density at radius 1 is 1.08 bits per heavy atom. The number of benzene rings is 2. The van der Waals surface area contributed by atoms with E-state index in [1.54, 1.807) is 7.11 Å². The van der Waals surface area contributed by atoms with Crippen molar-refractivity contribution in [1.82, 2.24) is 9.80 Å². The normalized spacial score (nSPS) is 17.8. The van der Waals surface area contributed by atoms with E-state index in [4.69, 9.17) is 9.47 Å². The van der Waals surface area contributed by atoms with Crippen LogP contribution in [0.4, 0.5) is 0 Å². The van der Waals surface area contributed by atoms with Crippen molar-refractivity contribution in [2.24, 2.45) is 0 Å². The van der Waals surface area contributed by atoms with Crippen LogP contribution in [0.25, 0.3) is 0 Å². The third-order valence-corrected chi connectivity index (χ3v) is 4.83. The van der Waals surface area contributed by atoms with Crippen molar-refractivity contribution in [1.29, 1.82) is 0 Å². The van der Waals surface area contributed by atoms with Crippen LogP contribution in [-0.4, -0.2) is 56.1 Å². The number of para-hydroxylation sites is 2. The van der Waals surface area contributed by atoms with E-state index in [0.29, 0.717) is 19.6 Å². The highest BCUT2D eigenvalue weighted by Gasteiger charge is 2.29. The van der Waals surface area contributed by atoms with Gasteiger partial charge >= 0.3 is 0 Å². The molecule has 5 heteroatoms. The van der Waals surface area contributed by atoms with Crippen LogP contribution in [0.3, 0.4) is 0 Å². The Balaban J connectivity index is 1.59. The second-order valence-corrected chi connectivity index (χ2v) is 6.49. The predicted molar refractivity (Wildman–Crippen MR) is 101 cm³/mol. The molecular formula is C21H26N2O3. The van der Waals surface area contributed by atoms with Crippen LogP contribution in [0.15, 0.2) is 54.6 Å². The molecule has 0 N–H and O–H groups in total. The van der Waals surface area contributed by atoms with Gasteiger partial charge in [-0.15, -0.1) is 0 Å². The van der Waals surface area contributed by atoms with E-state index in [1.807, 2.05) is 53.4 Å². The second-order valence-electron chi connectivity index (χ2n) is 6.49. The molecule has 2 aromatic carbocycles. The van der Waals surface area contributed by atoms with E-state index in [9.17, 15) is 4.79 Å². The number of nitrogens with zero attached hydrogens (tertiary/aromatic N) is 2. The Hall–Kier alpha value is -2.53. The van der Waals surface area contributed by atoms with Crippen LogP contribution >= 0.6 is 0 Å². The van der Waals surface area contributed by atoms with E-state index >= 15 is 0 Å². The number of rotatable bonds is 6. The zero-order valence-electron chi connectivity index (χ0n) is 15.4. The quantitative estimate of drug-likeness (QED) is 0.800. The number of likely N-dealkylation sites (N-methyl/N-ethyl adjacent to an activating group) is 1. The van der Waals surface area contributed by atoms with Gasteiger partial charge in [-0.05, 0) is 25.2 Å². The van der Waals surface area contributed by atoms with Crippen molar-refractivity contribution >= 4 is 5.91 Å². The molecule has 0 spiro atoms. The van der Waals surface area contributed by atoms with Crippen molar-refractivity contribution in [3.63, 3.8) is 0 Å². The smallest absolute Gasteiger partial charge is 0.226 e. The Morgan fingerprint density at radius 2 is 1.81 bits per heavy atom. The molecule has 3 rings (SSSR count). The molecule has 26 heavy (non-hydrogen) atoms. The van der Waals surface area contributed by atoms with Crippen molar-refractivity contribution in [2.75, 3.05) is 40.4 Å². The number of amides is 1. The molecule has 0 aliphatic carbocycles. The molecule has 1 aliphatic rings. The lowest BCUT2D eigenvalue weighted by atomic mass is 10.0. The summed E-state index contributed by atoms with van der Waals surface area (Å²) in [6.07, 6.45) is 0.386. The summed E-state index contributed by atoms with van der Waals surface area (Å²) in [4.78, 5) is 16.8. The molecule has 0 radical (unpaired) electrons. The van der Waals surface area contributed by atoms with Gasteiger partial charge in [-0.1, -0.05) is 36.4 Å². The minimum atomic E-state index is 0.133. The summed E-state index contributed by atoms with van der Waals surface area (Å²) in [7, 11) is 3.78. The van der Waals surface area contributed by atoms with Gasteiger partial charge in [0.05, 0.1) is 26.2 Å². The maximum absolute atomic E-state index is 12.6. The van der Waals surface area contributed by atoms with Crippen molar-refractivity contribution < 1.29 is 14.3 Å². The molecular weight excluding hydrogens is 328 g/mol. The zero-order valence-corrected chi connectivity index (χ0v) is 15.4. The number of hydrogen-bond donors (Lipinski definition) is 0. The monoisotopic (exact) mass is 354 g/mol. The van der Waals surface area contributed by atoms with Gasteiger partial charge in [-0.25, -0.2) is 0 Å². The first-order valence-corrected chi connectivity index (χ1v) is 8.98. The summed E-state index contributed by atoms with van der Waals surface area (Å²) >= 11 is 0. The van der Waals surface area contributed by atoms with Crippen molar-refractivity contribution in [3.05, 3.63) is 60.2 Å². The summed E-state index contributed by atoms with van der Waals surface area (Å²) in [5.74, 6) is 1.80. The molecule has 0 aromatic heterocycles. The summed E-state index contributed by atoms with van der Waals surface area (Å²) < 4.78 is 11.2. The van der Waals surface area contributed by atoms with Crippen LogP contribution < -0.4 is 9.47 Å². The van der Waals surface area contributed by atoms with Gasteiger partial charge in [0.1, 0.15) is 11.5 Å². The molecule has 0 saturated carbocycles. The molecule has 1 atom stereocenters. The van der Waals surface area contributed by atoms with Crippen LogP contribution in [0.5, 0.6) is 11.5 Å². The summed E-state index contributed by atoms with van der Waals surface area (Å²) in [5.41, 5.74) is 1.12. The third-order valence-electron chi connectivity index (χ3n) is 4.83. The SMILES string of the molecule is COc1ccccc1C1CN(C(=O)CCOc2ccccc2)CCN1C. The Bertz CT molecular complexity index is 720. The Labute approximate surface area is 155 Å². The van der Waals surface area contributed by atoms with E-state index in [2.05, 4.69) is 18.0 Å². The van der Waals surface area contributed by atoms with Crippen molar-refractivity contribution in [3.8, 4) is 11.5 Å². The largest absolute Gasteiger partial charge is 0.496 e. The molecule has 1 saturated heterocycles. The lowest BCUT2D eigenvalue weighted by Gasteiger charge is -2.40. The predicted octanol–water partition coefficient (Wildman–Crippen LogP) is 2.98. The number of hydrogen-bond acceptors (Lipinski definition) is 4. The zero-order chi connectivity index (χ0) is 18.4. The fourth-order valence-electron chi connectivity index (χ4n) is 3.31. The maximum Gasteiger partial charge on any atom is 0.226 e. The highest BCUT2D eigenvalue weighted by molar-refractivity contribution is 5.76. The van der Waals surface area contributed by atoms with E-state index < -0.39 is 0 Å². The highest BCUT2D eigenvalue weighted by atomic mass is 16.5. The average molecular weight is 354 g/mol. The first-order chi connectivity index (χ1) is 12.7.